The van der Waals surface area contributed by atoms with E-state index in [4.69, 9.17) is 4.74 Å². The van der Waals surface area contributed by atoms with Gasteiger partial charge in [-0.15, -0.1) is 10.2 Å². The summed E-state index contributed by atoms with van der Waals surface area (Å²) in [5, 5.41) is 8.39. The molecule has 1 aromatic heterocycles. The van der Waals surface area contributed by atoms with Gasteiger partial charge < -0.3 is 9.30 Å². The van der Waals surface area contributed by atoms with Gasteiger partial charge in [-0.2, -0.15) is 0 Å². The molecule has 0 spiro atoms. The molecule has 0 aliphatic carbocycles. The third kappa shape index (κ3) is 1.80. The number of carbonyl (C=O) groups excluding carboxylic acids is 1. The molecule has 0 bridgehead atoms. The van der Waals surface area contributed by atoms with Gasteiger partial charge in [0.05, 0.1) is 6.54 Å². The van der Waals surface area contributed by atoms with Gasteiger partial charge in [0.25, 0.3) is 0 Å². The van der Waals surface area contributed by atoms with Crippen molar-refractivity contribution in [3.05, 3.63) is 11.6 Å². The van der Waals surface area contributed by atoms with Crippen LogP contribution in [0.5, 0.6) is 0 Å². The lowest BCUT2D eigenvalue weighted by Crippen LogP contribution is -2.43. The molecule has 3 rings (SSSR count). The van der Waals surface area contributed by atoms with E-state index in [1.54, 1.807) is 0 Å². The molecule has 0 aromatic carbocycles. The average Bonchev–Trinajstić information content (AvgIpc) is 2.91. The second-order valence-electron chi connectivity index (χ2n) is 5.01. The van der Waals surface area contributed by atoms with Crippen LogP contribution in [0, 0.1) is 0 Å². The van der Waals surface area contributed by atoms with E-state index in [1.807, 2.05) is 6.92 Å². The molecular weight excluding hydrogens is 232 g/mol. The minimum Gasteiger partial charge on any atom is -0.461 e. The molecule has 98 valence electrons. The minimum absolute atomic E-state index is 0.0356. The minimum atomic E-state index is -0.101. The van der Waals surface area contributed by atoms with Gasteiger partial charge >= 0.3 is 5.97 Å². The molecule has 0 radical (unpaired) electrons. The predicted molar refractivity (Wildman–Crippen MR) is 63.8 cm³/mol. The van der Waals surface area contributed by atoms with Crippen LogP contribution in [0.2, 0.25) is 0 Å². The lowest BCUT2D eigenvalue weighted by atomic mass is 10.1. The molecule has 2 unspecified atom stereocenters. The number of rotatable bonds is 2. The van der Waals surface area contributed by atoms with E-state index in [1.165, 1.54) is 0 Å². The molecule has 1 saturated heterocycles. The van der Waals surface area contributed by atoms with E-state index in [9.17, 15) is 4.79 Å². The first-order valence-electron chi connectivity index (χ1n) is 6.54. The summed E-state index contributed by atoms with van der Waals surface area (Å²) in [6.45, 7) is 6.45. The summed E-state index contributed by atoms with van der Waals surface area (Å²) in [7, 11) is 0. The third-order valence-electron chi connectivity index (χ3n) is 3.76. The summed E-state index contributed by atoms with van der Waals surface area (Å²) in [6, 6.07) is -0.101. The monoisotopic (exact) mass is 250 g/mol. The van der Waals surface area contributed by atoms with Crippen molar-refractivity contribution in [2.45, 2.75) is 51.9 Å². The van der Waals surface area contributed by atoms with Crippen molar-refractivity contribution in [2.24, 2.45) is 0 Å². The number of cyclic esters (lactones) is 1. The third-order valence-corrected chi connectivity index (χ3v) is 3.76. The van der Waals surface area contributed by atoms with Gasteiger partial charge in [-0.3, -0.25) is 9.69 Å². The second kappa shape index (κ2) is 4.35. The fourth-order valence-electron chi connectivity index (χ4n) is 2.80. The maximum Gasteiger partial charge on any atom is 0.323 e. The van der Waals surface area contributed by atoms with Crippen molar-refractivity contribution < 1.29 is 9.53 Å². The van der Waals surface area contributed by atoms with E-state index in [2.05, 4.69) is 26.6 Å². The van der Waals surface area contributed by atoms with E-state index in [-0.39, 0.29) is 18.1 Å². The highest BCUT2D eigenvalue weighted by Gasteiger charge is 2.38. The Morgan fingerprint density at radius 3 is 2.89 bits per heavy atom. The Kier molecular flexibility index (Phi) is 2.81. The van der Waals surface area contributed by atoms with Crippen LogP contribution in [0.1, 0.15) is 31.9 Å². The highest BCUT2D eigenvalue weighted by Crippen LogP contribution is 2.23. The molecule has 1 fully saturated rings. The number of aryl methyl sites for hydroxylation is 1. The molecule has 0 amide bonds. The first-order chi connectivity index (χ1) is 8.69. The predicted octanol–water partition coefficient (Wildman–Crippen LogP) is 0.360. The summed E-state index contributed by atoms with van der Waals surface area (Å²) >= 11 is 0. The Bertz CT molecular complexity index is 471. The second-order valence-corrected chi connectivity index (χ2v) is 5.01. The molecule has 2 aliphatic heterocycles. The summed E-state index contributed by atoms with van der Waals surface area (Å²) < 4.78 is 7.38. The Labute approximate surface area is 106 Å². The zero-order valence-electron chi connectivity index (χ0n) is 10.8. The average molecular weight is 250 g/mol. The Morgan fingerprint density at radius 2 is 2.22 bits per heavy atom. The molecule has 18 heavy (non-hydrogen) atoms. The number of hydrogen-bond donors (Lipinski definition) is 0. The van der Waals surface area contributed by atoms with Crippen LogP contribution in [0.4, 0.5) is 0 Å². The number of esters is 1. The van der Waals surface area contributed by atoms with Crippen molar-refractivity contribution in [3.8, 4) is 0 Å². The first-order valence-corrected chi connectivity index (χ1v) is 6.54. The summed E-state index contributed by atoms with van der Waals surface area (Å²) in [5.41, 5.74) is 0. The molecule has 6 heteroatoms. The molecule has 2 atom stereocenters. The molecule has 6 nitrogen and oxygen atoms in total. The van der Waals surface area contributed by atoms with Crippen molar-refractivity contribution in [3.63, 3.8) is 0 Å². The van der Waals surface area contributed by atoms with Gasteiger partial charge in [-0.05, 0) is 6.92 Å². The van der Waals surface area contributed by atoms with Crippen LogP contribution in [0.3, 0.4) is 0 Å². The van der Waals surface area contributed by atoms with Gasteiger partial charge in [0, 0.05) is 25.9 Å². The quantitative estimate of drug-likeness (QED) is 0.709. The number of aromatic nitrogens is 3. The van der Waals surface area contributed by atoms with Crippen molar-refractivity contribution in [1.82, 2.24) is 19.7 Å². The Morgan fingerprint density at radius 1 is 1.39 bits per heavy atom. The molecule has 0 N–H and O–H groups in total. The fourth-order valence-corrected chi connectivity index (χ4v) is 2.80. The Hall–Kier alpha value is -1.43. The van der Waals surface area contributed by atoms with Crippen molar-refractivity contribution in [2.75, 3.05) is 6.54 Å². The van der Waals surface area contributed by atoms with Gasteiger partial charge in [-0.25, -0.2) is 0 Å². The lowest BCUT2D eigenvalue weighted by Gasteiger charge is -2.30. The van der Waals surface area contributed by atoms with Crippen LogP contribution in [0.15, 0.2) is 0 Å². The molecule has 3 heterocycles. The fraction of sp³-hybridized carbons (Fsp3) is 0.750. The van der Waals surface area contributed by atoms with Gasteiger partial charge in [0.15, 0.2) is 0 Å². The van der Waals surface area contributed by atoms with E-state index in [0.717, 1.165) is 37.6 Å². The highest BCUT2D eigenvalue weighted by atomic mass is 16.6. The number of ether oxygens (including phenoxy) is 1. The van der Waals surface area contributed by atoms with Crippen molar-refractivity contribution >= 4 is 5.97 Å². The van der Waals surface area contributed by atoms with Crippen LogP contribution < -0.4 is 0 Å². The zero-order valence-corrected chi connectivity index (χ0v) is 10.8. The largest absolute Gasteiger partial charge is 0.461 e. The molecular formula is C12H18N4O2. The van der Waals surface area contributed by atoms with Crippen LogP contribution in [0.25, 0.3) is 0 Å². The molecule has 1 aromatic rings. The first kappa shape index (κ1) is 11.6. The van der Waals surface area contributed by atoms with Gasteiger partial charge in [0.1, 0.15) is 23.8 Å². The smallest absolute Gasteiger partial charge is 0.323 e. The van der Waals surface area contributed by atoms with Gasteiger partial charge in [0.2, 0.25) is 0 Å². The maximum atomic E-state index is 11.8. The van der Waals surface area contributed by atoms with Crippen LogP contribution in [-0.2, 0) is 29.0 Å². The van der Waals surface area contributed by atoms with Gasteiger partial charge in [-0.1, -0.05) is 6.92 Å². The molecule has 2 aliphatic rings. The van der Waals surface area contributed by atoms with E-state index in [0.29, 0.717) is 6.54 Å². The topological polar surface area (TPSA) is 60.3 Å². The lowest BCUT2D eigenvalue weighted by molar-refractivity contribution is -0.145. The summed E-state index contributed by atoms with van der Waals surface area (Å²) in [4.78, 5) is 13.9. The normalized spacial score (nSPS) is 28.2. The summed E-state index contributed by atoms with van der Waals surface area (Å²) in [5.74, 6) is 1.91. The van der Waals surface area contributed by atoms with E-state index >= 15 is 0 Å². The number of fused-ring (bicyclic) bond motifs is 1. The van der Waals surface area contributed by atoms with Crippen LogP contribution >= 0.6 is 0 Å². The Balaban J connectivity index is 1.77. The molecule has 0 saturated carbocycles. The number of carbonyl (C=O) groups is 1. The number of nitrogens with zero attached hydrogens (tertiary/aromatic N) is 4. The zero-order chi connectivity index (χ0) is 12.7. The summed E-state index contributed by atoms with van der Waals surface area (Å²) in [6.07, 6.45) is 1.72. The van der Waals surface area contributed by atoms with Crippen LogP contribution in [-0.4, -0.2) is 44.3 Å². The highest BCUT2D eigenvalue weighted by molar-refractivity contribution is 5.78. The van der Waals surface area contributed by atoms with E-state index < -0.39 is 0 Å². The van der Waals surface area contributed by atoms with Crippen molar-refractivity contribution in [1.29, 1.82) is 0 Å². The maximum absolute atomic E-state index is 11.8. The SMILES string of the molecule is CCc1nnc2n1CCN(C1CC(C)OC1=O)C2. The number of hydrogen-bond acceptors (Lipinski definition) is 5. The standard InChI is InChI=1S/C12H18N4O2/c1-3-10-13-14-11-7-15(4-5-16(10)11)9-6-8(2)18-12(9)17/h8-9H,3-7H2,1-2H3.